The molecule has 0 aliphatic carbocycles. The molecule has 2 atom stereocenters. The van der Waals surface area contributed by atoms with Gasteiger partial charge >= 0.3 is 5.97 Å². The van der Waals surface area contributed by atoms with Gasteiger partial charge in [0.25, 0.3) is 5.91 Å². The highest BCUT2D eigenvalue weighted by molar-refractivity contribution is 9.10. The average Bonchev–Trinajstić information content (AvgIpc) is 2.65. The zero-order valence-electron chi connectivity index (χ0n) is 14.4. The molecular formula is C19H19BrClNO4. The van der Waals surface area contributed by atoms with Crippen molar-refractivity contribution in [3.63, 3.8) is 0 Å². The van der Waals surface area contributed by atoms with Crippen molar-refractivity contribution in [3.05, 3.63) is 69.2 Å². The Kier molecular flexibility index (Phi) is 7.63. The summed E-state index contributed by atoms with van der Waals surface area (Å²) in [7, 11) is 2.72. The number of methoxy groups -OCH3 is 2. The first-order chi connectivity index (χ1) is 12.5. The van der Waals surface area contributed by atoms with E-state index in [1.807, 2.05) is 18.2 Å². The minimum absolute atomic E-state index is 0.227. The molecule has 0 heterocycles. The van der Waals surface area contributed by atoms with Gasteiger partial charge < -0.3 is 14.8 Å². The summed E-state index contributed by atoms with van der Waals surface area (Å²) < 4.78 is 10.9. The Morgan fingerprint density at radius 2 is 1.85 bits per heavy atom. The summed E-state index contributed by atoms with van der Waals surface area (Å²) in [4.78, 5) is 24.8. The third kappa shape index (κ3) is 5.30. The molecule has 138 valence electrons. The molecule has 1 N–H and O–H groups in total. The molecule has 2 rings (SSSR count). The third-order valence-electron chi connectivity index (χ3n) is 3.81. The van der Waals surface area contributed by atoms with E-state index in [1.54, 1.807) is 30.3 Å². The van der Waals surface area contributed by atoms with Crippen LogP contribution in [0.2, 0.25) is 5.02 Å². The van der Waals surface area contributed by atoms with Gasteiger partial charge in [0.2, 0.25) is 0 Å². The van der Waals surface area contributed by atoms with Gasteiger partial charge in [-0.1, -0.05) is 57.9 Å². The number of nitrogens with one attached hydrogen (secondary N) is 1. The van der Waals surface area contributed by atoms with Gasteiger partial charge in [-0.2, -0.15) is 0 Å². The van der Waals surface area contributed by atoms with E-state index in [9.17, 15) is 9.59 Å². The SMILES string of the molecule is COC(=O)[C@H](Cc1cc(Cl)ccc1Br)NC(=O)[C@@H](OC)c1ccccc1. The second-order valence-electron chi connectivity index (χ2n) is 5.55. The van der Waals surface area contributed by atoms with Crippen LogP contribution in [-0.2, 0) is 25.5 Å². The Labute approximate surface area is 165 Å². The molecule has 0 saturated heterocycles. The number of hydrogen-bond donors (Lipinski definition) is 1. The Morgan fingerprint density at radius 3 is 2.46 bits per heavy atom. The second-order valence-corrected chi connectivity index (χ2v) is 6.84. The molecule has 0 saturated carbocycles. The number of benzene rings is 2. The fourth-order valence-electron chi connectivity index (χ4n) is 2.52. The van der Waals surface area contributed by atoms with Crippen molar-refractivity contribution in [2.24, 2.45) is 0 Å². The fraction of sp³-hybridized carbons (Fsp3) is 0.263. The van der Waals surface area contributed by atoms with Crippen LogP contribution in [0.15, 0.2) is 53.0 Å². The summed E-state index contributed by atoms with van der Waals surface area (Å²) in [6, 6.07) is 13.4. The maximum atomic E-state index is 12.7. The highest BCUT2D eigenvalue weighted by Crippen LogP contribution is 2.23. The van der Waals surface area contributed by atoms with Gasteiger partial charge in [0.05, 0.1) is 7.11 Å². The molecule has 2 aromatic carbocycles. The van der Waals surface area contributed by atoms with Crippen molar-refractivity contribution in [2.75, 3.05) is 14.2 Å². The van der Waals surface area contributed by atoms with Gasteiger partial charge in [-0.3, -0.25) is 4.79 Å². The molecule has 0 spiro atoms. The molecule has 7 heteroatoms. The molecule has 0 bridgehead atoms. The van der Waals surface area contributed by atoms with Gasteiger partial charge in [-0.25, -0.2) is 4.79 Å². The number of ether oxygens (including phenoxy) is 2. The fourth-order valence-corrected chi connectivity index (χ4v) is 3.13. The standard InChI is InChI=1S/C19H19BrClNO4/c1-25-17(12-6-4-3-5-7-12)18(23)22-16(19(24)26-2)11-13-10-14(21)8-9-15(13)20/h3-10,16-17H,11H2,1-2H3,(H,22,23)/t16-,17-/m0/s1. The largest absolute Gasteiger partial charge is 0.467 e. The van der Waals surface area contributed by atoms with E-state index in [1.165, 1.54) is 14.2 Å². The monoisotopic (exact) mass is 439 g/mol. The number of hydrogen-bond acceptors (Lipinski definition) is 4. The van der Waals surface area contributed by atoms with Crippen LogP contribution in [-0.4, -0.2) is 32.1 Å². The summed E-state index contributed by atoms with van der Waals surface area (Å²) in [5.74, 6) is -0.972. The van der Waals surface area contributed by atoms with Crippen molar-refractivity contribution in [2.45, 2.75) is 18.6 Å². The van der Waals surface area contributed by atoms with Crippen LogP contribution in [0.25, 0.3) is 0 Å². The van der Waals surface area contributed by atoms with E-state index in [2.05, 4.69) is 21.2 Å². The van der Waals surface area contributed by atoms with Gasteiger partial charge in [-0.05, 0) is 29.3 Å². The van der Waals surface area contributed by atoms with E-state index in [0.717, 1.165) is 10.0 Å². The van der Waals surface area contributed by atoms with Crippen LogP contribution in [0.4, 0.5) is 0 Å². The van der Waals surface area contributed by atoms with Gasteiger partial charge in [-0.15, -0.1) is 0 Å². The number of amides is 1. The van der Waals surface area contributed by atoms with Crippen LogP contribution >= 0.6 is 27.5 Å². The minimum atomic E-state index is -0.872. The van der Waals surface area contributed by atoms with Gasteiger partial charge in [0, 0.05) is 23.0 Å². The molecule has 5 nitrogen and oxygen atoms in total. The quantitative estimate of drug-likeness (QED) is 0.667. The predicted molar refractivity (Wildman–Crippen MR) is 103 cm³/mol. The van der Waals surface area contributed by atoms with E-state index < -0.39 is 24.0 Å². The summed E-state index contributed by atoms with van der Waals surface area (Å²) in [6.07, 6.45) is -0.601. The van der Waals surface area contributed by atoms with Crippen molar-refractivity contribution >= 4 is 39.4 Å². The lowest BCUT2D eigenvalue weighted by molar-refractivity contribution is -0.146. The molecule has 1 amide bonds. The molecule has 0 unspecified atom stereocenters. The van der Waals surface area contributed by atoms with Crippen molar-refractivity contribution in [1.29, 1.82) is 0 Å². The molecule has 0 aliphatic heterocycles. The highest BCUT2D eigenvalue weighted by atomic mass is 79.9. The molecule has 2 aromatic rings. The first-order valence-corrected chi connectivity index (χ1v) is 9.03. The Balaban J connectivity index is 2.20. The van der Waals surface area contributed by atoms with Crippen LogP contribution in [0.3, 0.4) is 0 Å². The maximum Gasteiger partial charge on any atom is 0.328 e. The van der Waals surface area contributed by atoms with Crippen molar-refractivity contribution < 1.29 is 19.1 Å². The van der Waals surface area contributed by atoms with E-state index >= 15 is 0 Å². The lowest BCUT2D eigenvalue weighted by atomic mass is 10.0. The summed E-state index contributed by atoms with van der Waals surface area (Å²) in [5, 5.41) is 3.25. The molecule has 0 aromatic heterocycles. The maximum absolute atomic E-state index is 12.7. The summed E-state index contributed by atoms with van der Waals surface area (Å²) in [5.41, 5.74) is 1.47. The highest BCUT2D eigenvalue weighted by Gasteiger charge is 2.28. The van der Waals surface area contributed by atoms with Crippen molar-refractivity contribution in [1.82, 2.24) is 5.32 Å². The Bertz CT molecular complexity index is 769. The first kappa shape index (κ1) is 20.4. The molecule has 0 fully saturated rings. The molecule has 0 aliphatic rings. The summed E-state index contributed by atoms with van der Waals surface area (Å²) >= 11 is 9.46. The van der Waals surface area contributed by atoms with Crippen LogP contribution in [0.5, 0.6) is 0 Å². The Morgan fingerprint density at radius 1 is 1.15 bits per heavy atom. The zero-order chi connectivity index (χ0) is 19.1. The van der Waals surface area contributed by atoms with Crippen LogP contribution < -0.4 is 5.32 Å². The van der Waals surface area contributed by atoms with Gasteiger partial charge in [0.1, 0.15) is 6.04 Å². The predicted octanol–water partition coefficient (Wildman–Crippen LogP) is 3.69. The first-order valence-electron chi connectivity index (χ1n) is 7.86. The van der Waals surface area contributed by atoms with Crippen molar-refractivity contribution in [3.8, 4) is 0 Å². The number of carbonyl (C=O) groups excluding carboxylic acids is 2. The average molecular weight is 441 g/mol. The number of esters is 1. The summed E-state index contributed by atoms with van der Waals surface area (Å²) in [6.45, 7) is 0. The van der Waals surface area contributed by atoms with E-state index in [4.69, 9.17) is 21.1 Å². The number of rotatable bonds is 7. The lowest BCUT2D eigenvalue weighted by Gasteiger charge is -2.21. The zero-order valence-corrected chi connectivity index (χ0v) is 16.7. The Hall–Kier alpha value is -1.89. The smallest absolute Gasteiger partial charge is 0.328 e. The van der Waals surface area contributed by atoms with Crippen LogP contribution in [0.1, 0.15) is 17.2 Å². The normalized spacial score (nSPS) is 12.9. The topological polar surface area (TPSA) is 64.6 Å². The van der Waals surface area contributed by atoms with Crippen LogP contribution in [0, 0.1) is 0 Å². The van der Waals surface area contributed by atoms with Gasteiger partial charge in [0.15, 0.2) is 6.10 Å². The lowest BCUT2D eigenvalue weighted by Crippen LogP contribution is -2.45. The molecular weight excluding hydrogens is 422 g/mol. The molecule has 26 heavy (non-hydrogen) atoms. The third-order valence-corrected chi connectivity index (χ3v) is 4.82. The molecule has 0 radical (unpaired) electrons. The van der Waals surface area contributed by atoms with E-state index in [0.29, 0.717) is 10.6 Å². The minimum Gasteiger partial charge on any atom is -0.467 e. The number of halogens is 2. The van der Waals surface area contributed by atoms with E-state index in [-0.39, 0.29) is 6.42 Å². The second kappa shape index (κ2) is 9.71. The number of carbonyl (C=O) groups is 2.